The summed E-state index contributed by atoms with van der Waals surface area (Å²) in [4.78, 5) is 11.8. The van der Waals surface area contributed by atoms with Gasteiger partial charge in [0.15, 0.2) is 0 Å². The Morgan fingerprint density at radius 1 is 1.22 bits per heavy atom. The van der Waals surface area contributed by atoms with Crippen LogP contribution in [0.2, 0.25) is 0 Å². The zero-order valence-corrected chi connectivity index (χ0v) is 11.6. The van der Waals surface area contributed by atoms with Gasteiger partial charge >= 0.3 is 0 Å². The van der Waals surface area contributed by atoms with Crippen molar-refractivity contribution in [2.75, 3.05) is 13.6 Å². The summed E-state index contributed by atoms with van der Waals surface area (Å²) in [6, 6.07) is 10.3. The average Bonchev–Trinajstić information content (AvgIpc) is 2.80. The molecule has 0 atom stereocenters. The topological polar surface area (TPSA) is 41.1 Å². The van der Waals surface area contributed by atoms with Gasteiger partial charge in [-0.15, -0.1) is 12.4 Å². The van der Waals surface area contributed by atoms with Gasteiger partial charge < -0.3 is 10.6 Å². The number of rotatable bonds is 4. The summed E-state index contributed by atoms with van der Waals surface area (Å²) in [5, 5.41) is 6.11. The monoisotopic (exact) mass is 268 g/mol. The second kappa shape index (κ2) is 6.76. The molecule has 1 aliphatic rings. The number of carbonyl (C=O) groups is 1. The fourth-order valence-corrected chi connectivity index (χ4v) is 2.69. The van der Waals surface area contributed by atoms with Crippen LogP contribution in [0.3, 0.4) is 0 Å². The molecular weight excluding hydrogens is 248 g/mol. The van der Waals surface area contributed by atoms with E-state index in [9.17, 15) is 4.79 Å². The number of hydrogen-bond donors (Lipinski definition) is 2. The summed E-state index contributed by atoms with van der Waals surface area (Å²) in [7, 11) is 1.80. The highest BCUT2D eigenvalue weighted by Crippen LogP contribution is 2.38. The maximum atomic E-state index is 11.8. The smallest absolute Gasteiger partial charge is 0.234 e. The van der Waals surface area contributed by atoms with Gasteiger partial charge in [0.05, 0.1) is 12.1 Å². The van der Waals surface area contributed by atoms with E-state index in [4.69, 9.17) is 0 Å². The molecule has 1 fully saturated rings. The summed E-state index contributed by atoms with van der Waals surface area (Å²) in [5.74, 6) is 0.0817. The van der Waals surface area contributed by atoms with E-state index in [1.165, 1.54) is 18.4 Å². The highest BCUT2D eigenvalue weighted by Gasteiger charge is 2.36. The molecule has 0 saturated heterocycles. The van der Waals surface area contributed by atoms with Crippen LogP contribution < -0.4 is 10.6 Å². The maximum absolute atomic E-state index is 11.8. The van der Waals surface area contributed by atoms with Gasteiger partial charge in [-0.05, 0) is 25.5 Å². The minimum Gasteiger partial charge on any atom is -0.345 e. The molecule has 0 aromatic heterocycles. The lowest BCUT2D eigenvalue weighted by molar-refractivity contribution is -0.122. The third-order valence-electron chi connectivity index (χ3n) is 3.50. The van der Waals surface area contributed by atoms with E-state index >= 15 is 0 Å². The Labute approximate surface area is 115 Å². The van der Waals surface area contributed by atoms with Crippen LogP contribution in [-0.4, -0.2) is 19.5 Å². The van der Waals surface area contributed by atoms with Gasteiger partial charge in [-0.1, -0.05) is 43.2 Å². The van der Waals surface area contributed by atoms with E-state index in [0.29, 0.717) is 6.54 Å². The van der Waals surface area contributed by atoms with Crippen molar-refractivity contribution >= 4 is 18.3 Å². The third-order valence-corrected chi connectivity index (χ3v) is 3.50. The highest BCUT2D eigenvalue weighted by atomic mass is 35.5. The van der Waals surface area contributed by atoms with Gasteiger partial charge in [0, 0.05) is 0 Å². The van der Waals surface area contributed by atoms with E-state index in [-0.39, 0.29) is 23.9 Å². The molecule has 100 valence electrons. The van der Waals surface area contributed by atoms with Gasteiger partial charge in [0.25, 0.3) is 0 Å². The van der Waals surface area contributed by atoms with Crippen molar-refractivity contribution in [1.82, 2.24) is 10.6 Å². The molecule has 0 radical (unpaired) electrons. The molecule has 1 amide bonds. The second-order valence-electron chi connectivity index (χ2n) is 4.73. The number of benzene rings is 1. The Morgan fingerprint density at radius 3 is 2.39 bits per heavy atom. The van der Waals surface area contributed by atoms with Crippen molar-refractivity contribution in [1.29, 1.82) is 0 Å². The summed E-state index contributed by atoms with van der Waals surface area (Å²) in [6.07, 6.45) is 4.47. The minimum atomic E-state index is -0.130. The van der Waals surface area contributed by atoms with Gasteiger partial charge in [-0.25, -0.2) is 0 Å². The molecule has 1 saturated carbocycles. The first-order chi connectivity index (χ1) is 8.27. The molecule has 0 bridgehead atoms. The SMILES string of the molecule is CNCC(=O)NC1(c2ccccc2)CCCC1.Cl. The highest BCUT2D eigenvalue weighted by molar-refractivity contribution is 5.85. The van der Waals surface area contributed by atoms with E-state index < -0.39 is 0 Å². The molecule has 4 heteroatoms. The predicted octanol–water partition coefficient (Wildman–Crippen LogP) is 2.21. The lowest BCUT2D eigenvalue weighted by Crippen LogP contribution is -2.46. The van der Waals surface area contributed by atoms with E-state index in [2.05, 4.69) is 22.8 Å². The Bertz CT molecular complexity index is 375. The molecule has 3 nitrogen and oxygen atoms in total. The molecule has 18 heavy (non-hydrogen) atoms. The van der Waals surface area contributed by atoms with Crippen molar-refractivity contribution < 1.29 is 4.79 Å². The minimum absolute atomic E-state index is 0. The first-order valence-electron chi connectivity index (χ1n) is 6.28. The molecule has 1 aromatic carbocycles. The van der Waals surface area contributed by atoms with Crippen LogP contribution in [0.1, 0.15) is 31.2 Å². The zero-order valence-electron chi connectivity index (χ0n) is 10.7. The Morgan fingerprint density at radius 2 is 1.83 bits per heavy atom. The van der Waals surface area contributed by atoms with Gasteiger partial charge in [0.1, 0.15) is 0 Å². The first-order valence-corrected chi connectivity index (χ1v) is 6.28. The fraction of sp³-hybridized carbons (Fsp3) is 0.500. The largest absolute Gasteiger partial charge is 0.345 e. The van der Waals surface area contributed by atoms with Crippen LogP contribution in [0.25, 0.3) is 0 Å². The van der Waals surface area contributed by atoms with Crippen molar-refractivity contribution in [3.63, 3.8) is 0 Å². The van der Waals surface area contributed by atoms with Crippen LogP contribution in [0, 0.1) is 0 Å². The van der Waals surface area contributed by atoms with E-state index in [1.807, 2.05) is 18.2 Å². The third kappa shape index (κ3) is 3.24. The molecular formula is C14H21ClN2O. The predicted molar refractivity (Wildman–Crippen MR) is 75.9 cm³/mol. The number of likely N-dealkylation sites (N-methyl/N-ethyl adjacent to an activating group) is 1. The Kier molecular flexibility index (Phi) is 5.63. The molecule has 1 aliphatic carbocycles. The summed E-state index contributed by atoms with van der Waals surface area (Å²) in [6.45, 7) is 0.384. The van der Waals surface area contributed by atoms with Gasteiger partial charge in [-0.2, -0.15) is 0 Å². The van der Waals surface area contributed by atoms with Crippen LogP contribution in [-0.2, 0) is 10.3 Å². The molecule has 0 heterocycles. The molecule has 0 spiro atoms. The zero-order chi connectivity index (χ0) is 12.1. The molecule has 0 aliphatic heterocycles. The summed E-state index contributed by atoms with van der Waals surface area (Å²) in [5.41, 5.74) is 1.11. The second-order valence-corrected chi connectivity index (χ2v) is 4.73. The molecule has 1 aromatic rings. The number of halogens is 1. The van der Waals surface area contributed by atoms with E-state index in [1.54, 1.807) is 7.05 Å². The van der Waals surface area contributed by atoms with Gasteiger partial charge in [-0.3, -0.25) is 4.79 Å². The number of hydrogen-bond acceptors (Lipinski definition) is 2. The molecule has 2 N–H and O–H groups in total. The lowest BCUT2D eigenvalue weighted by atomic mass is 9.88. The Balaban J connectivity index is 0.00000162. The van der Waals surface area contributed by atoms with E-state index in [0.717, 1.165) is 12.8 Å². The molecule has 2 rings (SSSR count). The van der Waals surface area contributed by atoms with Crippen LogP contribution >= 0.6 is 12.4 Å². The average molecular weight is 269 g/mol. The standard InChI is InChI=1S/C14H20N2O.ClH/c1-15-11-13(17)16-14(9-5-6-10-14)12-7-3-2-4-8-12;/h2-4,7-8,15H,5-6,9-11H2,1H3,(H,16,17);1H. The lowest BCUT2D eigenvalue weighted by Gasteiger charge is -2.31. The van der Waals surface area contributed by atoms with Crippen molar-refractivity contribution in [2.45, 2.75) is 31.2 Å². The van der Waals surface area contributed by atoms with Crippen LogP contribution in [0.15, 0.2) is 30.3 Å². The number of carbonyl (C=O) groups excluding carboxylic acids is 1. The number of nitrogens with one attached hydrogen (secondary N) is 2. The molecule has 0 unspecified atom stereocenters. The quantitative estimate of drug-likeness (QED) is 0.879. The van der Waals surface area contributed by atoms with Crippen molar-refractivity contribution in [3.8, 4) is 0 Å². The van der Waals surface area contributed by atoms with Crippen LogP contribution in [0.4, 0.5) is 0 Å². The number of amides is 1. The normalized spacial score (nSPS) is 16.9. The fourth-order valence-electron chi connectivity index (χ4n) is 2.69. The summed E-state index contributed by atoms with van der Waals surface area (Å²) < 4.78 is 0. The van der Waals surface area contributed by atoms with Crippen molar-refractivity contribution in [2.24, 2.45) is 0 Å². The van der Waals surface area contributed by atoms with Crippen molar-refractivity contribution in [3.05, 3.63) is 35.9 Å². The summed E-state index contributed by atoms with van der Waals surface area (Å²) >= 11 is 0. The van der Waals surface area contributed by atoms with Gasteiger partial charge in [0.2, 0.25) is 5.91 Å². The maximum Gasteiger partial charge on any atom is 0.234 e. The van der Waals surface area contributed by atoms with Crippen LogP contribution in [0.5, 0.6) is 0 Å². The first kappa shape index (κ1) is 15.0. The Hall–Kier alpha value is -1.06.